The van der Waals surface area contributed by atoms with Crippen LogP contribution in [0.4, 0.5) is 0 Å². The molecule has 12 rings (SSSR count). The molecule has 12 fully saturated rings. The SMILES string of the molecule is ClC(C12CC3CC(CC(C3)C1)C2)(C12CC3CC(CC(C3)C1)C2)C12CC3CC(CC(C3)C1)C2. The average molecular weight is 453 g/mol. The van der Waals surface area contributed by atoms with Gasteiger partial charge in [0.25, 0.3) is 0 Å². The first-order chi connectivity index (χ1) is 15.5. The summed E-state index contributed by atoms with van der Waals surface area (Å²) in [5.41, 5.74) is 1.54. The van der Waals surface area contributed by atoms with Gasteiger partial charge in [-0.3, -0.25) is 0 Å². The summed E-state index contributed by atoms with van der Waals surface area (Å²) in [7, 11) is 0. The van der Waals surface area contributed by atoms with Crippen molar-refractivity contribution in [3.05, 3.63) is 0 Å². The molecule has 12 saturated carbocycles. The first kappa shape index (κ1) is 19.5. The van der Waals surface area contributed by atoms with Crippen LogP contribution >= 0.6 is 11.6 Å². The highest BCUT2D eigenvalue weighted by atomic mass is 35.5. The van der Waals surface area contributed by atoms with Gasteiger partial charge in [0.2, 0.25) is 0 Å². The van der Waals surface area contributed by atoms with Crippen LogP contribution in [0.2, 0.25) is 0 Å². The van der Waals surface area contributed by atoms with E-state index in [0.717, 1.165) is 53.3 Å². The van der Waals surface area contributed by atoms with Crippen LogP contribution in [0.15, 0.2) is 0 Å². The van der Waals surface area contributed by atoms with Crippen LogP contribution < -0.4 is 0 Å². The normalized spacial score (nSPS) is 65.0. The first-order valence-electron chi connectivity index (χ1n) is 15.1. The minimum Gasteiger partial charge on any atom is -0.117 e. The van der Waals surface area contributed by atoms with Crippen LogP contribution in [-0.4, -0.2) is 4.87 Å². The van der Waals surface area contributed by atoms with E-state index in [2.05, 4.69) is 0 Å². The molecule has 0 N–H and O–H groups in total. The van der Waals surface area contributed by atoms with Gasteiger partial charge in [0.1, 0.15) is 0 Å². The van der Waals surface area contributed by atoms with Crippen molar-refractivity contribution in [2.45, 2.75) is 120 Å². The summed E-state index contributed by atoms with van der Waals surface area (Å²) < 4.78 is 0. The van der Waals surface area contributed by atoms with E-state index in [1.165, 1.54) is 0 Å². The number of rotatable bonds is 3. The molecule has 0 atom stereocenters. The van der Waals surface area contributed by atoms with Crippen molar-refractivity contribution in [2.75, 3.05) is 0 Å². The van der Waals surface area contributed by atoms with E-state index < -0.39 is 0 Å². The van der Waals surface area contributed by atoms with Gasteiger partial charge in [-0.15, -0.1) is 11.6 Å². The molecule has 0 saturated heterocycles. The average Bonchev–Trinajstić information content (AvgIpc) is 2.70. The van der Waals surface area contributed by atoms with Crippen LogP contribution in [0, 0.1) is 69.5 Å². The Balaban J connectivity index is 1.25. The molecule has 0 radical (unpaired) electrons. The minimum atomic E-state index is 0.148. The van der Waals surface area contributed by atoms with E-state index in [4.69, 9.17) is 11.6 Å². The number of hydrogen-bond acceptors (Lipinski definition) is 0. The molecule has 0 aromatic rings. The Morgan fingerprint density at radius 2 is 0.500 bits per heavy atom. The highest BCUT2D eigenvalue weighted by Gasteiger charge is 2.76. The lowest BCUT2D eigenvalue weighted by Gasteiger charge is -2.77. The fraction of sp³-hybridized carbons (Fsp3) is 1.00. The van der Waals surface area contributed by atoms with Crippen molar-refractivity contribution in [3.63, 3.8) is 0 Å². The lowest BCUT2D eigenvalue weighted by atomic mass is 9.31. The first-order valence-corrected chi connectivity index (χ1v) is 15.5. The Labute approximate surface area is 201 Å². The molecule has 12 bridgehead atoms. The van der Waals surface area contributed by atoms with Crippen molar-refractivity contribution >= 4 is 11.6 Å². The van der Waals surface area contributed by atoms with Gasteiger partial charge in [-0.25, -0.2) is 0 Å². The van der Waals surface area contributed by atoms with Gasteiger partial charge in [-0.05, 0) is 185 Å². The maximum atomic E-state index is 8.90. The van der Waals surface area contributed by atoms with E-state index >= 15 is 0 Å². The molecular formula is C31H45Cl. The Kier molecular flexibility index (Phi) is 3.64. The van der Waals surface area contributed by atoms with Crippen molar-refractivity contribution in [1.82, 2.24) is 0 Å². The maximum Gasteiger partial charge on any atom is 0.0615 e. The molecule has 0 amide bonds. The van der Waals surface area contributed by atoms with Crippen LogP contribution in [0.1, 0.15) is 116 Å². The summed E-state index contributed by atoms with van der Waals surface area (Å²) in [5, 5.41) is 0. The third-order valence-corrected chi connectivity index (χ3v) is 15.5. The van der Waals surface area contributed by atoms with Crippen LogP contribution in [0.5, 0.6) is 0 Å². The van der Waals surface area contributed by atoms with Crippen molar-refractivity contribution in [3.8, 4) is 0 Å². The van der Waals surface area contributed by atoms with Crippen molar-refractivity contribution < 1.29 is 0 Å². The molecule has 32 heavy (non-hydrogen) atoms. The van der Waals surface area contributed by atoms with Gasteiger partial charge in [0, 0.05) is 0 Å². The molecule has 12 aliphatic rings. The molecule has 0 nitrogen and oxygen atoms in total. The van der Waals surface area contributed by atoms with E-state index in [1.807, 2.05) is 0 Å². The Hall–Kier alpha value is 0.290. The van der Waals surface area contributed by atoms with Crippen molar-refractivity contribution in [1.29, 1.82) is 0 Å². The number of hydrogen-bond donors (Lipinski definition) is 0. The van der Waals surface area contributed by atoms with Gasteiger partial charge in [-0.2, -0.15) is 0 Å². The Morgan fingerprint density at radius 1 is 0.344 bits per heavy atom. The summed E-state index contributed by atoms with van der Waals surface area (Å²) in [4.78, 5) is 0.148. The van der Waals surface area contributed by atoms with Gasteiger partial charge < -0.3 is 0 Å². The zero-order valence-electron chi connectivity index (χ0n) is 20.3. The van der Waals surface area contributed by atoms with Gasteiger partial charge in [0.05, 0.1) is 4.87 Å². The van der Waals surface area contributed by atoms with E-state index in [0.29, 0.717) is 16.2 Å². The smallest absolute Gasteiger partial charge is 0.0615 e. The molecule has 0 aliphatic heterocycles. The fourth-order valence-electron chi connectivity index (χ4n) is 15.3. The topological polar surface area (TPSA) is 0 Å². The molecule has 0 heterocycles. The summed E-state index contributed by atoms with van der Waals surface area (Å²) in [6.07, 6.45) is 28.1. The zero-order valence-corrected chi connectivity index (χ0v) is 21.1. The number of alkyl halides is 1. The third-order valence-electron chi connectivity index (χ3n) is 14.3. The summed E-state index contributed by atoms with van der Waals surface area (Å²) in [6.45, 7) is 0. The van der Waals surface area contributed by atoms with Gasteiger partial charge in [0.15, 0.2) is 0 Å². The molecule has 0 unspecified atom stereocenters. The highest BCUT2D eigenvalue weighted by Crippen LogP contribution is 2.82. The molecular weight excluding hydrogens is 408 g/mol. The van der Waals surface area contributed by atoms with Gasteiger partial charge in [-0.1, -0.05) is 0 Å². The molecule has 1 heteroatoms. The predicted octanol–water partition coefficient (Wildman–Crippen LogP) is 8.61. The number of halogens is 1. The third kappa shape index (κ3) is 2.22. The lowest BCUT2D eigenvalue weighted by molar-refractivity contribution is -0.225. The van der Waals surface area contributed by atoms with Gasteiger partial charge >= 0.3 is 0 Å². The molecule has 12 aliphatic carbocycles. The maximum absolute atomic E-state index is 8.90. The van der Waals surface area contributed by atoms with E-state index in [9.17, 15) is 0 Å². The van der Waals surface area contributed by atoms with E-state index in [1.54, 1.807) is 116 Å². The van der Waals surface area contributed by atoms with Crippen LogP contribution in [0.25, 0.3) is 0 Å². The van der Waals surface area contributed by atoms with Crippen molar-refractivity contribution in [2.24, 2.45) is 69.5 Å². The lowest BCUT2D eigenvalue weighted by Crippen LogP contribution is -2.74. The molecule has 176 valence electrons. The van der Waals surface area contributed by atoms with Crippen LogP contribution in [0.3, 0.4) is 0 Å². The summed E-state index contributed by atoms with van der Waals surface area (Å²) in [6, 6.07) is 0. The second-order valence-electron chi connectivity index (χ2n) is 16.3. The highest BCUT2D eigenvalue weighted by molar-refractivity contribution is 6.26. The Bertz CT molecular complexity index is 622. The summed E-state index contributed by atoms with van der Waals surface area (Å²) in [5.74, 6) is 9.39. The van der Waals surface area contributed by atoms with E-state index in [-0.39, 0.29) is 4.87 Å². The predicted molar refractivity (Wildman–Crippen MR) is 130 cm³/mol. The quantitative estimate of drug-likeness (QED) is 0.376. The largest absolute Gasteiger partial charge is 0.117 e. The standard InChI is InChI=1S/C31H45Cl/c32-31(28-10-19-1-20(11-28)3-21(2-19)12-28,29-13-22-4-23(14-29)6-24(5-22)15-29)30-16-25-7-26(17-30)9-27(8-25)18-30/h19-27H,1-18H2. The zero-order chi connectivity index (χ0) is 20.9. The molecule has 0 aromatic heterocycles. The molecule has 0 aromatic carbocycles. The Morgan fingerprint density at radius 3 is 0.656 bits per heavy atom. The molecule has 0 spiro atoms. The fourth-order valence-corrected chi connectivity index (χ4v) is 16.0. The van der Waals surface area contributed by atoms with Crippen LogP contribution in [-0.2, 0) is 0 Å². The second-order valence-corrected chi connectivity index (χ2v) is 16.8. The minimum absolute atomic E-state index is 0.148. The second kappa shape index (κ2) is 5.98. The monoisotopic (exact) mass is 452 g/mol. The summed E-state index contributed by atoms with van der Waals surface area (Å²) >= 11 is 8.90.